The largest absolute Gasteiger partial charge is 0.495 e. The molecule has 3 aliphatic heterocycles. The third-order valence-electron chi connectivity index (χ3n) is 10.6. The molecule has 2 saturated heterocycles. The number of ether oxygens (including phenoxy) is 5. The topological polar surface area (TPSA) is 148 Å². The lowest BCUT2D eigenvalue weighted by Crippen LogP contribution is -2.62. The molecule has 15 heteroatoms. The van der Waals surface area contributed by atoms with E-state index in [0.717, 1.165) is 11.1 Å². The van der Waals surface area contributed by atoms with Crippen LogP contribution < -0.4 is 9.64 Å². The first kappa shape index (κ1) is 41.5. The van der Waals surface area contributed by atoms with Crippen molar-refractivity contribution in [2.75, 3.05) is 45.2 Å². The quantitative estimate of drug-likeness (QED) is 0.205. The summed E-state index contributed by atoms with van der Waals surface area (Å²) in [6.45, 7) is 8.83. The average molecular weight is 766 g/mol. The minimum atomic E-state index is -1.22. The van der Waals surface area contributed by atoms with E-state index in [4.69, 9.17) is 35.3 Å². The molecule has 8 atom stereocenters. The van der Waals surface area contributed by atoms with Crippen molar-refractivity contribution in [3.63, 3.8) is 0 Å². The van der Waals surface area contributed by atoms with Gasteiger partial charge < -0.3 is 33.5 Å². The Hall–Kier alpha value is -3.30. The van der Waals surface area contributed by atoms with E-state index in [2.05, 4.69) is 0 Å². The van der Waals surface area contributed by atoms with Gasteiger partial charge in [0, 0.05) is 45.7 Å². The monoisotopic (exact) mass is 765 g/mol. The lowest BCUT2D eigenvalue weighted by atomic mass is 9.79. The Balaban J connectivity index is 1.78. The number of thioether (sulfide) groups is 1. The summed E-state index contributed by atoms with van der Waals surface area (Å²) in [5.74, 6) is -0.813. The van der Waals surface area contributed by atoms with Gasteiger partial charge in [-0.1, -0.05) is 42.3 Å². The molecule has 4 bridgehead atoms. The van der Waals surface area contributed by atoms with Crippen molar-refractivity contribution < 1.29 is 48.1 Å². The number of hydrogen-bond acceptors (Lipinski definition) is 11. The first-order valence-corrected chi connectivity index (χ1v) is 19.0. The number of nitrogens with zero attached hydrogens (tertiary/aromatic N) is 3. The Morgan fingerprint density at radius 2 is 1.92 bits per heavy atom. The summed E-state index contributed by atoms with van der Waals surface area (Å²) >= 11 is 8.29. The van der Waals surface area contributed by atoms with Gasteiger partial charge in [-0.05, 0) is 58.1 Å². The summed E-state index contributed by atoms with van der Waals surface area (Å²) in [5, 5.41) is 11.8. The summed E-state index contributed by atoms with van der Waals surface area (Å²) in [5.41, 5.74) is -0.219. The van der Waals surface area contributed by atoms with Gasteiger partial charge in [-0.2, -0.15) is 16.8 Å². The summed E-state index contributed by atoms with van der Waals surface area (Å²) < 4.78 is 29.5. The molecular weight excluding hydrogens is 714 g/mol. The van der Waals surface area contributed by atoms with Gasteiger partial charge in [-0.15, -0.1) is 0 Å². The second-order valence-electron chi connectivity index (χ2n) is 14.2. The second kappa shape index (κ2) is 16.8. The highest BCUT2D eigenvalue weighted by Gasteiger charge is 2.65. The number of halogens is 1. The molecule has 13 nitrogen and oxygen atoms in total. The predicted octanol–water partition coefficient (Wildman–Crippen LogP) is 5.44. The van der Waals surface area contributed by atoms with Crippen molar-refractivity contribution in [2.24, 2.45) is 5.92 Å². The van der Waals surface area contributed by atoms with Gasteiger partial charge in [0.05, 0.1) is 25.3 Å². The molecule has 0 radical (unpaired) electrons. The maximum Gasteiger partial charge on any atom is 0.434 e. The van der Waals surface area contributed by atoms with Crippen molar-refractivity contribution in [1.29, 1.82) is 0 Å². The number of esters is 1. The highest BCUT2D eigenvalue weighted by molar-refractivity contribution is 7.98. The smallest absolute Gasteiger partial charge is 0.434 e. The third kappa shape index (κ3) is 8.57. The molecule has 4 rings (SSSR count). The van der Waals surface area contributed by atoms with Crippen molar-refractivity contribution >= 4 is 52.9 Å². The molecule has 3 aliphatic rings. The zero-order chi connectivity index (χ0) is 38.7. The van der Waals surface area contributed by atoms with Gasteiger partial charge in [0.25, 0.3) is 0 Å². The molecule has 52 heavy (non-hydrogen) atoms. The van der Waals surface area contributed by atoms with Gasteiger partial charge >= 0.3 is 12.1 Å². The number of hydrogen-bond donors (Lipinski definition) is 1. The number of methoxy groups -OCH3 is 2. The van der Waals surface area contributed by atoms with Crippen molar-refractivity contribution in [3.8, 4) is 5.75 Å². The molecule has 2 fully saturated rings. The van der Waals surface area contributed by atoms with E-state index in [-0.39, 0.29) is 30.2 Å². The fraction of sp³-hybridized carbons (Fsp3) is 0.622. The van der Waals surface area contributed by atoms with Crippen LogP contribution >= 0.6 is 23.4 Å². The zero-order valence-corrected chi connectivity index (χ0v) is 33.2. The van der Waals surface area contributed by atoms with Crippen LogP contribution in [0.3, 0.4) is 0 Å². The summed E-state index contributed by atoms with van der Waals surface area (Å²) in [4.78, 5) is 56.4. The molecule has 3 unspecified atom stereocenters. The lowest BCUT2D eigenvalue weighted by molar-refractivity contribution is -0.215. The molecule has 1 aromatic rings. The number of carbonyl (C=O) groups is 4. The number of hydroxylamine groups is 2. The van der Waals surface area contributed by atoms with Crippen LogP contribution in [0.25, 0.3) is 0 Å². The van der Waals surface area contributed by atoms with Gasteiger partial charge in [0.1, 0.15) is 46.3 Å². The van der Waals surface area contributed by atoms with E-state index in [0.29, 0.717) is 28.7 Å². The Morgan fingerprint density at radius 1 is 1.23 bits per heavy atom. The fourth-order valence-corrected chi connectivity index (χ4v) is 7.61. The number of amides is 3. The summed E-state index contributed by atoms with van der Waals surface area (Å²) in [6, 6.07) is 2.67. The van der Waals surface area contributed by atoms with Crippen LogP contribution in [-0.2, 0) is 39.8 Å². The van der Waals surface area contributed by atoms with Gasteiger partial charge in [-0.25, -0.2) is 9.59 Å². The van der Waals surface area contributed by atoms with Crippen LogP contribution in [-0.4, -0.2) is 121 Å². The predicted molar refractivity (Wildman–Crippen MR) is 198 cm³/mol. The lowest BCUT2D eigenvalue weighted by Gasteiger charge is -2.47. The van der Waals surface area contributed by atoms with E-state index in [1.165, 1.54) is 35.8 Å². The molecule has 1 N–H and O–H groups in total. The Morgan fingerprint density at radius 3 is 2.56 bits per heavy atom. The van der Waals surface area contributed by atoms with E-state index >= 15 is 0 Å². The Bertz CT molecular complexity index is 1590. The number of fused-ring (bicyclic) bond motifs is 5. The molecule has 288 valence electrons. The van der Waals surface area contributed by atoms with Crippen LogP contribution in [0.15, 0.2) is 35.9 Å². The molecule has 3 amide bonds. The van der Waals surface area contributed by atoms with Crippen LogP contribution in [0.4, 0.5) is 10.5 Å². The Labute approximate surface area is 315 Å². The molecule has 0 spiro atoms. The van der Waals surface area contributed by atoms with Crippen LogP contribution in [0.5, 0.6) is 5.75 Å². The van der Waals surface area contributed by atoms with E-state index in [1.807, 2.05) is 38.3 Å². The number of benzene rings is 1. The molecule has 0 aliphatic carbocycles. The number of carbonyl (C=O) groups excluding carboxylic acids is 4. The number of epoxide rings is 1. The maximum atomic E-state index is 14.1. The van der Waals surface area contributed by atoms with Gasteiger partial charge in [-0.3, -0.25) is 14.8 Å². The molecule has 0 aromatic heterocycles. The minimum absolute atomic E-state index is 0.175. The van der Waals surface area contributed by atoms with Crippen LogP contribution in [0.1, 0.15) is 59.4 Å². The maximum absolute atomic E-state index is 14.1. The standard InChI is InChI=1S/C37H52ClN3O10S/c1-21-12-11-13-28(48-9)36(4)20-27(49-35(45)41(36)46)22(2)33-37(5,51-33)29(50-34(44)23(3)39(6)30(42)14-15-52-10)19-31(43)40(7)25-17-24(16-21)18-26(47-8)32(25)38/h11-13,17-18,22-23,27-29,33,46H,14-16,19-20H2,1-10H3/b13-11+,21-12+/t22-,23+,27?,28-,29+,33?,36-,37?/m1/s1. The first-order valence-electron chi connectivity index (χ1n) is 17.3. The highest BCUT2D eigenvalue weighted by Crippen LogP contribution is 2.50. The second-order valence-corrected chi connectivity index (χ2v) is 15.6. The van der Waals surface area contributed by atoms with Crippen molar-refractivity contribution in [1.82, 2.24) is 9.96 Å². The van der Waals surface area contributed by atoms with Crippen LogP contribution in [0, 0.1) is 5.92 Å². The van der Waals surface area contributed by atoms with E-state index < -0.39 is 65.5 Å². The van der Waals surface area contributed by atoms with Gasteiger partial charge in [0.2, 0.25) is 11.8 Å². The SMILES string of the molecule is COc1cc2cc(c1Cl)N(C)C(=O)C[C@H](OC(=O)[C@H](C)N(C)C(=O)CCSC)C1(C)OC1[C@H](C)C1C[C@](C)([C@H](OC)/C=C/C=C(\C)C2)N(O)C(=O)O1. The van der Waals surface area contributed by atoms with E-state index in [1.54, 1.807) is 47.0 Å². The molecule has 0 saturated carbocycles. The minimum Gasteiger partial charge on any atom is -0.495 e. The molecular formula is C37H52ClN3O10S. The van der Waals surface area contributed by atoms with Crippen LogP contribution in [0.2, 0.25) is 5.02 Å². The number of allylic oxidation sites excluding steroid dienone is 3. The van der Waals surface area contributed by atoms with E-state index in [9.17, 15) is 24.4 Å². The fourth-order valence-electron chi connectivity index (χ4n) is 6.92. The normalized spacial score (nSPS) is 31.8. The average Bonchev–Trinajstić information content (AvgIpc) is 3.81. The molecule has 1 aromatic carbocycles. The number of rotatable bonds is 8. The molecule has 3 heterocycles. The Kier molecular flexibility index (Phi) is 13.4. The third-order valence-corrected chi connectivity index (χ3v) is 11.6. The summed E-state index contributed by atoms with van der Waals surface area (Å²) in [6.07, 6.45) is 3.88. The zero-order valence-electron chi connectivity index (χ0n) is 31.6. The first-order chi connectivity index (χ1) is 24.4. The summed E-state index contributed by atoms with van der Waals surface area (Å²) in [7, 11) is 6.13. The van der Waals surface area contributed by atoms with Gasteiger partial charge in [0.15, 0.2) is 0 Å². The number of anilines is 1. The van der Waals surface area contributed by atoms with Crippen molar-refractivity contribution in [2.45, 2.75) is 102 Å². The number of likely N-dealkylation sites (N-methyl/N-ethyl adjacent to an activating group) is 1. The van der Waals surface area contributed by atoms with Crippen molar-refractivity contribution in [3.05, 3.63) is 46.5 Å². The highest BCUT2D eigenvalue weighted by atomic mass is 35.5.